The Balaban J connectivity index is 1.55. The van der Waals surface area contributed by atoms with Crippen molar-refractivity contribution in [1.29, 1.82) is 0 Å². The maximum Gasteiger partial charge on any atom is 0.410 e. The molecule has 35 heavy (non-hydrogen) atoms. The minimum absolute atomic E-state index is 0.0377. The topological polar surface area (TPSA) is 93.6 Å². The number of ether oxygens (including phenoxy) is 2. The molecule has 3 aromatic rings. The highest BCUT2D eigenvalue weighted by Gasteiger charge is 2.35. The minimum Gasteiger partial charge on any atom is -0.492 e. The number of nitrogens with zero attached hydrogens (tertiary/aromatic N) is 2. The maximum absolute atomic E-state index is 14.9. The molecule has 1 saturated heterocycles. The first-order valence-corrected chi connectivity index (χ1v) is 11.8. The van der Waals surface area contributed by atoms with Gasteiger partial charge in [0.05, 0.1) is 28.2 Å². The molecule has 1 amide bonds. The fourth-order valence-electron chi connectivity index (χ4n) is 4.69. The van der Waals surface area contributed by atoms with Crippen molar-refractivity contribution in [2.75, 3.05) is 19.7 Å². The summed E-state index contributed by atoms with van der Waals surface area (Å²) in [5.41, 5.74) is 0.100. The van der Waals surface area contributed by atoms with E-state index in [1.807, 2.05) is 0 Å². The highest BCUT2D eigenvalue weighted by molar-refractivity contribution is 6.34. The van der Waals surface area contributed by atoms with Gasteiger partial charge in [0.1, 0.15) is 17.2 Å². The number of benzene rings is 2. The highest BCUT2D eigenvalue weighted by Crippen LogP contribution is 2.43. The summed E-state index contributed by atoms with van der Waals surface area (Å²) in [6.45, 7) is 6.69. The SMILES string of the molecule is CC(C)(C)OC(=O)N1CC(Cn2c(=O)c(=O)[nH]c3c4c(c(Cl)cc32)-c2c(F)cccc2OCC4)C1. The van der Waals surface area contributed by atoms with Crippen LogP contribution >= 0.6 is 11.6 Å². The molecule has 2 aliphatic heterocycles. The van der Waals surface area contributed by atoms with E-state index in [9.17, 15) is 18.8 Å². The molecule has 0 bridgehead atoms. The number of halogens is 2. The van der Waals surface area contributed by atoms with Crippen LogP contribution in [0.15, 0.2) is 33.9 Å². The average Bonchev–Trinajstić information content (AvgIpc) is 2.93. The molecule has 0 atom stereocenters. The van der Waals surface area contributed by atoms with Gasteiger partial charge in [-0.25, -0.2) is 9.18 Å². The van der Waals surface area contributed by atoms with Gasteiger partial charge in [0, 0.05) is 37.5 Å². The van der Waals surface area contributed by atoms with Crippen LogP contribution in [0.3, 0.4) is 0 Å². The van der Waals surface area contributed by atoms with E-state index in [1.54, 1.807) is 43.9 Å². The van der Waals surface area contributed by atoms with E-state index in [0.717, 1.165) is 0 Å². The summed E-state index contributed by atoms with van der Waals surface area (Å²) in [6.07, 6.45) is -0.0456. The Kier molecular flexibility index (Phi) is 5.62. The summed E-state index contributed by atoms with van der Waals surface area (Å²) in [5, 5.41) is 0.258. The number of carbonyl (C=O) groups excluding carboxylic acids is 1. The zero-order chi connectivity index (χ0) is 25.1. The Labute approximate surface area is 205 Å². The second-order valence-electron chi connectivity index (χ2n) is 9.94. The number of aromatic nitrogens is 2. The molecule has 2 aromatic carbocycles. The first kappa shape index (κ1) is 23.4. The van der Waals surface area contributed by atoms with Gasteiger partial charge in [-0.2, -0.15) is 0 Å². The number of nitrogens with one attached hydrogen (secondary N) is 1. The molecule has 3 heterocycles. The first-order valence-electron chi connectivity index (χ1n) is 11.4. The van der Waals surface area contributed by atoms with Crippen molar-refractivity contribution in [2.24, 2.45) is 5.92 Å². The van der Waals surface area contributed by atoms with E-state index in [4.69, 9.17) is 21.1 Å². The van der Waals surface area contributed by atoms with Crippen LogP contribution in [0.1, 0.15) is 26.3 Å². The standard InChI is InChI=1S/C25H25ClFN3O5/c1-25(2,3)35-24(33)29-10-13(11-29)12-30-17-9-15(26)19-14(21(17)28-22(31)23(30)32)7-8-34-18-6-4-5-16(27)20(18)19/h4-6,9,13H,7-8,10-12H2,1-3H3,(H,28,31). The fraction of sp³-hybridized carbons (Fsp3) is 0.400. The number of hydrogen-bond donors (Lipinski definition) is 1. The maximum atomic E-state index is 14.9. The quantitative estimate of drug-likeness (QED) is 0.537. The predicted molar refractivity (Wildman–Crippen MR) is 130 cm³/mol. The second-order valence-corrected chi connectivity index (χ2v) is 10.3. The molecule has 0 unspecified atom stereocenters. The van der Waals surface area contributed by atoms with Crippen LogP contribution in [0, 0.1) is 11.7 Å². The molecule has 184 valence electrons. The van der Waals surface area contributed by atoms with Crippen molar-refractivity contribution in [3.63, 3.8) is 0 Å². The lowest BCUT2D eigenvalue weighted by Gasteiger charge is -2.40. The average molecular weight is 502 g/mol. The van der Waals surface area contributed by atoms with Crippen LogP contribution in [0.5, 0.6) is 5.75 Å². The summed E-state index contributed by atoms with van der Waals surface area (Å²) < 4.78 is 27.4. The number of aromatic amines is 1. The summed E-state index contributed by atoms with van der Waals surface area (Å²) in [6, 6.07) is 6.14. The third-order valence-electron chi connectivity index (χ3n) is 6.22. The molecule has 0 spiro atoms. The van der Waals surface area contributed by atoms with Gasteiger partial charge < -0.3 is 23.9 Å². The van der Waals surface area contributed by atoms with Gasteiger partial charge in [0.2, 0.25) is 0 Å². The number of fused-ring (bicyclic) bond motifs is 5. The predicted octanol–water partition coefficient (Wildman–Crippen LogP) is 3.95. The molecular weight excluding hydrogens is 477 g/mol. The van der Waals surface area contributed by atoms with Crippen LogP contribution in [0.4, 0.5) is 9.18 Å². The van der Waals surface area contributed by atoms with Gasteiger partial charge in [-0.1, -0.05) is 17.7 Å². The fourth-order valence-corrected chi connectivity index (χ4v) is 5.00. The number of hydrogen-bond acceptors (Lipinski definition) is 5. The molecule has 0 radical (unpaired) electrons. The van der Waals surface area contributed by atoms with E-state index < -0.39 is 28.6 Å². The molecule has 0 saturated carbocycles. The monoisotopic (exact) mass is 501 g/mol. The van der Waals surface area contributed by atoms with E-state index in [0.29, 0.717) is 47.4 Å². The molecule has 1 aromatic heterocycles. The van der Waals surface area contributed by atoms with Crippen LogP contribution in [-0.2, 0) is 17.7 Å². The zero-order valence-electron chi connectivity index (χ0n) is 19.6. The van der Waals surface area contributed by atoms with E-state index in [1.165, 1.54) is 10.6 Å². The normalized spacial score (nSPS) is 15.6. The molecule has 8 nitrogen and oxygen atoms in total. The number of likely N-dealkylation sites (tertiary alicyclic amines) is 1. The number of rotatable bonds is 2. The van der Waals surface area contributed by atoms with Gasteiger partial charge in [-0.05, 0) is 44.5 Å². The lowest BCUT2D eigenvalue weighted by Crippen LogP contribution is -2.54. The molecule has 0 aliphatic carbocycles. The first-order chi connectivity index (χ1) is 16.5. The molecule has 10 heteroatoms. The number of carbonyl (C=O) groups is 1. The second kappa shape index (κ2) is 8.41. The highest BCUT2D eigenvalue weighted by atomic mass is 35.5. The van der Waals surface area contributed by atoms with Gasteiger partial charge in [0.15, 0.2) is 0 Å². The number of H-pyrrole nitrogens is 1. The molecule has 1 fully saturated rings. The lowest BCUT2D eigenvalue weighted by molar-refractivity contribution is -0.00330. The van der Waals surface area contributed by atoms with Crippen molar-refractivity contribution in [1.82, 2.24) is 14.5 Å². The van der Waals surface area contributed by atoms with Gasteiger partial charge >= 0.3 is 17.2 Å². The Morgan fingerprint density at radius 2 is 2.00 bits per heavy atom. The molecule has 2 aliphatic rings. The van der Waals surface area contributed by atoms with Crippen molar-refractivity contribution >= 4 is 28.7 Å². The van der Waals surface area contributed by atoms with Crippen LogP contribution in [0.2, 0.25) is 5.02 Å². The van der Waals surface area contributed by atoms with Gasteiger partial charge in [-0.3, -0.25) is 9.59 Å². The van der Waals surface area contributed by atoms with E-state index in [-0.39, 0.29) is 29.7 Å². The van der Waals surface area contributed by atoms with E-state index >= 15 is 0 Å². The summed E-state index contributed by atoms with van der Waals surface area (Å²) >= 11 is 6.67. The minimum atomic E-state index is -0.774. The largest absolute Gasteiger partial charge is 0.492 e. The third-order valence-corrected chi connectivity index (χ3v) is 6.51. The molecule has 1 N–H and O–H groups in total. The van der Waals surface area contributed by atoms with Crippen molar-refractivity contribution in [3.8, 4) is 16.9 Å². The Bertz CT molecular complexity index is 1470. The van der Waals surface area contributed by atoms with Crippen LogP contribution in [-0.4, -0.2) is 45.8 Å². The van der Waals surface area contributed by atoms with Crippen LogP contribution in [0.25, 0.3) is 22.2 Å². The summed E-state index contributed by atoms with van der Waals surface area (Å²) in [5.74, 6) is -0.152. The zero-order valence-corrected chi connectivity index (χ0v) is 20.4. The van der Waals surface area contributed by atoms with Gasteiger partial charge in [-0.15, -0.1) is 0 Å². The Hall–Kier alpha value is -3.33. The molecular formula is C25H25ClFN3O5. The summed E-state index contributed by atoms with van der Waals surface area (Å²) in [4.78, 5) is 42.0. The number of amides is 1. The molecule has 5 rings (SSSR count). The third kappa shape index (κ3) is 4.18. The van der Waals surface area contributed by atoms with Crippen molar-refractivity contribution in [2.45, 2.75) is 39.3 Å². The van der Waals surface area contributed by atoms with Crippen LogP contribution < -0.4 is 15.9 Å². The lowest BCUT2D eigenvalue weighted by atomic mass is 9.95. The van der Waals surface area contributed by atoms with Gasteiger partial charge in [0.25, 0.3) is 0 Å². The van der Waals surface area contributed by atoms with E-state index in [2.05, 4.69) is 4.98 Å². The Morgan fingerprint density at radius 1 is 1.26 bits per heavy atom. The van der Waals surface area contributed by atoms with Crippen molar-refractivity contribution in [3.05, 3.63) is 61.4 Å². The smallest absolute Gasteiger partial charge is 0.410 e. The van der Waals surface area contributed by atoms with Crippen molar-refractivity contribution < 1.29 is 18.7 Å². The Morgan fingerprint density at radius 3 is 2.71 bits per heavy atom. The summed E-state index contributed by atoms with van der Waals surface area (Å²) in [7, 11) is 0.